The van der Waals surface area contributed by atoms with E-state index in [-0.39, 0.29) is 23.0 Å². The number of fused-ring (bicyclic) bond motifs is 1. The smallest absolute Gasteiger partial charge is 0.243 e. The van der Waals surface area contributed by atoms with Crippen molar-refractivity contribution < 1.29 is 17.6 Å². The Hall–Kier alpha value is -2.78. The molecule has 1 aromatic heterocycles. The van der Waals surface area contributed by atoms with Crippen LogP contribution in [0.3, 0.4) is 0 Å². The summed E-state index contributed by atoms with van der Waals surface area (Å²) in [5.74, 6) is 0.150. The van der Waals surface area contributed by atoms with Crippen molar-refractivity contribution in [3.05, 3.63) is 59.7 Å². The van der Waals surface area contributed by atoms with Crippen LogP contribution in [0.15, 0.2) is 47.4 Å². The summed E-state index contributed by atoms with van der Waals surface area (Å²) >= 11 is 0. The minimum atomic E-state index is -3.58. The number of carbonyl (C=O) groups is 1. The molecular formula is C24H31FN4O3S. The summed E-state index contributed by atoms with van der Waals surface area (Å²) in [5.41, 5.74) is 1.85. The molecule has 33 heavy (non-hydrogen) atoms. The fourth-order valence-electron chi connectivity index (χ4n) is 4.02. The fourth-order valence-corrected chi connectivity index (χ4v) is 5.50. The predicted molar refractivity (Wildman–Crippen MR) is 127 cm³/mol. The summed E-state index contributed by atoms with van der Waals surface area (Å²) in [7, 11) is -3.58. The van der Waals surface area contributed by atoms with E-state index >= 15 is 0 Å². The number of aromatic nitrogens is 2. The van der Waals surface area contributed by atoms with Gasteiger partial charge in [0.05, 0.1) is 22.0 Å². The lowest BCUT2D eigenvalue weighted by Gasteiger charge is -2.18. The molecule has 0 fully saturated rings. The molecule has 0 aliphatic rings. The molecule has 1 unspecified atom stereocenters. The van der Waals surface area contributed by atoms with E-state index in [0.717, 1.165) is 5.52 Å². The van der Waals surface area contributed by atoms with Gasteiger partial charge in [0.25, 0.3) is 0 Å². The van der Waals surface area contributed by atoms with Crippen LogP contribution in [-0.2, 0) is 27.8 Å². The molecule has 0 radical (unpaired) electrons. The zero-order chi connectivity index (χ0) is 24.2. The molecule has 0 aliphatic carbocycles. The van der Waals surface area contributed by atoms with Gasteiger partial charge in [-0.3, -0.25) is 4.79 Å². The molecule has 2 aromatic carbocycles. The number of rotatable bonds is 10. The van der Waals surface area contributed by atoms with Crippen molar-refractivity contribution in [3.63, 3.8) is 0 Å². The standard InChI is InChI=1S/C24H31FN4O3S/c1-5-28(6-2)33(31,32)18-12-13-22-21(16-18)27-23(29(22)7-3)14-15-24(30)26-17(4)19-10-8-9-11-20(19)25/h8-13,16-17H,5-7,14-15H2,1-4H3,(H,26,30). The van der Waals surface area contributed by atoms with Gasteiger partial charge < -0.3 is 9.88 Å². The first kappa shape index (κ1) is 24.9. The van der Waals surface area contributed by atoms with Crippen LogP contribution in [0, 0.1) is 5.82 Å². The summed E-state index contributed by atoms with van der Waals surface area (Å²) in [6, 6.07) is 10.9. The van der Waals surface area contributed by atoms with Gasteiger partial charge in [-0.1, -0.05) is 32.0 Å². The zero-order valence-electron chi connectivity index (χ0n) is 19.5. The second-order valence-corrected chi connectivity index (χ2v) is 9.76. The number of imidazole rings is 1. The molecule has 1 amide bonds. The van der Waals surface area contributed by atoms with Crippen molar-refractivity contribution in [2.45, 2.75) is 58.0 Å². The summed E-state index contributed by atoms with van der Waals surface area (Å²) in [4.78, 5) is 17.3. The highest BCUT2D eigenvalue weighted by molar-refractivity contribution is 7.89. The first-order valence-electron chi connectivity index (χ1n) is 11.3. The third-order valence-corrected chi connectivity index (χ3v) is 7.83. The number of sulfonamides is 1. The molecule has 3 aromatic rings. The van der Waals surface area contributed by atoms with Crippen molar-refractivity contribution in [2.24, 2.45) is 0 Å². The second kappa shape index (κ2) is 10.4. The Morgan fingerprint density at radius 2 is 1.85 bits per heavy atom. The molecule has 0 aliphatic heterocycles. The van der Waals surface area contributed by atoms with E-state index in [1.807, 2.05) is 25.3 Å². The summed E-state index contributed by atoms with van der Waals surface area (Å²) in [5, 5.41) is 2.83. The largest absolute Gasteiger partial charge is 0.349 e. The van der Waals surface area contributed by atoms with Gasteiger partial charge in [-0.15, -0.1) is 0 Å². The lowest BCUT2D eigenvalue weighted by Crippen LogP contribution is -2.30. The maximum absolute atomic E-state index is 14.0. The van der Waals surface area contributed by atoms with E-state index in [0.29, 0.717) is 43.0 Å². The highest BCUT2D eigenvalue weighted by Crippen LogP contribution is 2.24. The molecule has 0 saturated heterocycles. The number of nitrogens with one attached hydrogen (secondary N) is 1. The maximum atomic E-state index is 14.0. The lowest BCUT2D eigenvalue weighted by molar-refractivity contribution is -0.121. The van der Waals surface area contributed by atoms with Crippen LogP contribution >= 0.6 is 0 Å². The van der Waals surface area contributed by atoms with Crippen LogP contribution in [0.1, 0.15) is 51.5 Å². The van der Waals surface area contributed by atoms with Gasteiger partial charge in [0.2, 0.25) is 15.9 Å². The zero-order valence-corrected chi connectivity index (χ0v) is 20.3. The van der Waals surface area contributed by atoms with Crippen LogP contribution in [0.4, 0.5) is 4.39 Å². The van der Waals surface area contributed by atoms with Gasteiger partial charge in [-0.05, 0) is 38.1 Å². The number of halogens is 1. The van der Waals surface area contributed by atoms with E-state index in [9.17, 15) is 17.6 Å². The normalized spacial score (nSPS) is 12.9. The highest BCUT2D eigenvalue weighted by atomic mass is 32.2. The van der Waals surface area contributed by atoms with Crippen LogP contribution in [0.5, 0.6) is 0 Å². The number of amides is 1. The van der Waals surface area contributed by atoms with Crippen LogP contribution in [-0.4, -0.2) is 41.3 Å². The van der Waals surface area contributed by atoms with E-state index in [2.05, 4.69) is 10.3 Å². The van der Waals surface area contributed by atoms with Gasteiger partial charge in [0.15, 0.2) is 0 Å². The quantitative estimate of drug-likeness (QED) is 0.481. The Morgan fingerprint density at radius 1 is 1.15 bits per heavy atom. The van der Waals surface area contributed by atoms with E-state index in [4.69, 9.17) is 0 Å². The molecule has 3 rings (SSSR count). The van der Waals surface area contributed by atoms with Gasteiger partial charge in [0.1, 0.15) is 11.6 Å². The Labute approximate surface area is 194 Å². The Bertz CT molecular complexity index is 1240. The topological polar surface area (TPSA) is 84.3 Å². The third-order valence-electron chi connectivity index (χ3n) is 5.78. The van der Waals surface area contributed by atoms with Gasteiger partial charge in [-0.2, -0.15) is 4.31 Å². The Morgan fingerprint density at radius 3 is 2.48 bits per heavy atom. The number of benzene rings is 2. The molecule has 9 heteroatoms. The molecule has 7 nitrogen and oxygen atoms in total. The Kier molecular flexibility index (Phi) is 7.86. The predicted octanol–water partition coefficient (Wildman–Crippen LogP) is 4.04. The summed E-state index contributed by atoms with van der Waals surface area (Å²) in [6.07, 6.45) is 0.573. The molecule has 1 heterocycles. The van der Waals surface area contributed by atoms with E-state index in [1.165, 1.54) is 10.4 Å². The first-order valence-corrected chi connectivity index (χ1v) is 12.7. The fraction of sp³-hybridized carbons (Fsp3) is 0.417. The minimum absolute atomic E-state index is 0.187. The van der Waals surface area contributed by atoms with Crippen LogP contribution in [0.2, 0.25) is 0 Å². The molecule has 0 bridgehead atoms. The third kappa shape index (κ3) is 5.25. The summed E-state index contributed by atoms with van der Waals surface area (Å²) in [6.45, 7) is 8.77. The molecule has 1 N–H and O–H groups in total. The maximum Gasteiger partial charge on any atom is 0.243 e. The van der Waals surface area contributed by atoms with E-state index in [1.54, 1.807) is 43.3 Å². The molecule has 0 saturated carbocycles. The molecule has 178 valence electrons. The van der Waals surface area contributed by atoms with Crippen molar-refractivity contribution in [2.75, 3.05) is 13.1 Å². The minimum Gasteiger partial charge on any atom is -0.349 e. The number of hydrogen-bond acceptors (Lipinski definition) is 4. The highest BCUT2D eigenvalue weighted by Gasteiger charge is 2.23. The Balaban J connectivity index is 1.78. The average molecular weight is 475 g/mol. The average Bonchev–Trinajstić information content (AvgIpc) is 3.15. The lowest BCUT2D eigenvalue weighted by atomic mass is 10.1. The number of hydrogen-bond donors (Lipinski definition) is 1. The van der Waals surface area contributed by atoms with Crippen molar-refractivity contribution in [3.8, 4) is 0 Å². The monoisotopic (exact) mass is 474 g/mol. The molecule has 1 atom stereocenters. The van der Waals surface area contributed by atoms with Gasteiger partial charge >= 0.3 is 0 Å². The van der Waals surface area contributed by atoms with Crippen molar-refractivity contribution in [1.29, 1.82) is 0 Å². The van der Waals surface area contributed by atoms with Gasteiger partial charge in [0, 0.05) is 38.0 Å². The SMILES string of the molecule is CCN(CC)S(=O)(=O)c1ccc2c(c1)nc(CCC(=O)NC(C)c1ccccc1F)n2CC. The first-order chi connectivity index (χ1) is 15.7. The second-order valence-electron chi connectivity index (χ2n) is 7.82. The van der Waals surface area contributed by atoms with Crippen LogP contribution in [0.25, 0.3) is 11.0 Å². The number of carbonyl (C=O) groups excluding carboxylic acids is 1. The van der Waals surface area contributed by atoms with Crippen molar-refractivity contribution in [1.82, 2.24) is 19.2 Å². The molecule has 0 spiro atoms. The van der Waals surface area contributed by atoms with Gasteiger partial charge in [-0.25, -0.2) is 17.8 Å². The van der Waals surface area contributed by atoms with E-state index < -0.39 is 16.1 Å². The van der Waals surface area contributed by atoms with Crippen molar-refractivity contribution >= 4 is 27.0 Å². The molecular weight excluding hydrogens is 443 g/mol. The van der Waals surface area contributed by atoms with Crippen LogP contribution < -0.4 is 5.32 Å². The number of nitrogens with zero attached hydrogens (tertiary/aromatic N) is 3. The summed E-state index contributed by atoms with van der Waals surface area (Å²) < 4.78 is 43.1. The number of aryl methyl sites for hydroxylation is 2.